The number of carbonyl (C=O) groups is 2. The summed E-state index contributed by atoms with van der Waals surface area (Å²) in [5, 5.41) is 13.8. The second kappa shape index (κ2) is 8.30. The quantitative estimate of drug-likeness (QED) is 0.381. The van der Waals surface area contributed by atoms with Crippen LogP contribution in [0.2, 0.25) is 0 Å². The third kappa shape index (κ3) is 4.43. The van der Waals surface area contributed by atoms with Crippen LogP contribution in [0.5, 0.6) is 0 Å². The summed E-state index contributed by atoms with van der Waals surface area (Å²) in [5.74, 6) is -1.56. The Morgan fingerprint density at radius 2 is 1.97 bits per heavy atom. The van der Waals surface area contributed by atoms with Crippen molar-refractivity contribution in [1.29, 1.82) is 0 Å². The van der Waals surface area contributed by atoms with Crippen LogP contribution in [-0.4, -0.2) is 33.0 Å². The first-order valence-electron chi connectivity index (χ1n) is 8.50. The Morgan fingerprint density at radius 1 is 1.21 bits per heavy atom. The van der Waals surface area contributed by atoms with Gasteiger partial charge in [0.1, 0.15) is 12.2 Å². The molecule has 0 bridgehead atoms. The molecule has 1 heterocycles. The van der Waals surface area contributed by atoms with Gasteiger partial charge in [0.05, 0.1) is 22.2 Å². The smallest absolute Gasteiger partial charge is 0.326 e. The molecule has 1 aromatic heterocycles. The lowest BCUT2D eigenvalue weighted by Gasteiger charge is -2.10. The van der Waals surface area contributed by atoms with Gasteiger partial charge in [-0.15, -0.1) is 0 Å². The number of nitro groups is 1. The zero-order chi connectivity index (χ0) is 21.0. The van der Waals surface area contributed by atoms with Crippen LogP contribution < -0.4 is 10.9 Å². The number of nitrogens with zero attached hydrogens (tertiary/aromatic N) is 3. The normalized spacial score (nSPS) is 10.5. The van der Waals surface area contributed by atoms with E-state index in [9.17, 15) is 24.5 Å². The number of carbonyl (C=O) groups excluding carboxylic acids is 2. The predicted octanol–water partition coefficient (Wildman–Crippen LogP) is 1.80. The summed E-state index contributed by atoms with van der Waals surface area (Å²) in [6, 6.07) is 11.1. The fraction of sp³-hybridized carbons (Fsp3) is 0.158. The summed E-state index contributed by atoms with van der Waals surface area (Å²) in [7, 11) is 0. The fourth-order valence-corrected chi connectivity index (χ4v) is 2.69. The topological polar surface area (TPSA) is 133 Å². The van der Waals surface area contributed by atoms with Crippen LogP contribution in [0.4, 0.5) is 11.4 Å². The number of fused-ring (bicyclic) bond motifs is 1. The molecule has 0 aliphatic heterocycles. The minimum atomic E-state index is -0.821. The first-order valence-corrected chi connectivity index (χ1v) is 8.50. The molecule has 0 saturated heterocycles. The second-order valence-electron chi connectivity index (χ2n) is 6.13. The molecule has 148 valence electrons. The average molecular weight is 396 g/mol. The van der Waals surface area contributed by atoms with E-state index in [0.717, 1.165) is 4.57 Å². The maximum Gasteiger partial charge on any atom is 0.326 e. The molecule has 0 radical (unpaired) electrons. The van der Waals surface area contributed by atoms with Crippen LogP contribution in [0, 0.1) is 17.0 Å². The fourth-order valence-electron chi connectivity index (χ4n) is 2.69. The molecular formula is C19H16N4O6. The number of hydrogen-bond acceptors (Lipinski definition) is 7. The number of para-hydroxylation sites is 2. The lowest BCUT2D eigenvalue weighted by Crippen LogP contribution is -2.28. The SMILES string of the molecule is Cc1cccc([N+](=O)[O-])c1NC(=O)COC(=O)Cn1cnc2ccccc2c1=O. The summed E-state index contributed by atoms with van der Waals surface area (Å²) >= 11 is 0. The lowest BCUT2D eigenvalue weighted by molar-refractivity contribution is -0.384. The zero-order valence-corrected chi connectivity index (χ0v) is 15.3. The van der Waals surface area contributed by atoms with Crippen molar-refractivity contribution < 1.29 is 19.2 Å². The van der Waals surface area contributed by atoms with Crippen LogP contribution in [0.25, 0.3) is 10.9 Å². The number of nitro benzene ring substituents is 1. The average Bonchev–Trinajstić information content (AvgIpc) is 2.70. The number of amides is 1. The number of esters is 1. The Kier molecular flexibility index (Phi) is 5.63. The molecule has 0 atom stereocenters. The molecule has 0 saturated carbocycles. The molecule has 0 fully saturated rings. The maximum absolute atomic E-state index is 12.4. The summed E-state index contributed by atoms with van der Waals surface area (Å²) in [6.07, 6.45) is 1.22. The van der Waals surface area contributed by atoms with E-state index in [-0.39, 0.29) is 11.4 Å². The molecule has 3 aromatic rings. The Bertz CT molecular complexity index is 1170. The highest BCUT2D eigenvalue weighted by atomic mass is 16.6. The molecule has 29 heavy (non-hydrogen) atoms. The van der Waals surface area contributed by atoms with Gasteiger partial charge in [0.15, 0.2) is 6.61 Å². The van der Waals surface area contributed by atoms with Crippen molar-refractivity contribution in [3.63, 3.8) is 0 Å². The lowest BCUT2D eigenvalue weighted by atomic mass is 10.1. The van der Waals surface area contributed by atoms with E-state index in [1.54, 1.807) is 37.3 Å². The van der Waals surface area contributed by atoms with Crippen LogP contribution >= 0.6 is 0 Å². The Balaban J connectivity index is 1.63. The van der Waals surface area contributed by atoms with Crippen LogP contribution in [0.15, 0.2) is 53.6 Å². The van der Waals surface area contributed by atoms with E-state index in [1.807, 2.05) is 0 Å². The van der Waals surface area contributed by atoms with E-state index in [4.69, 9.17) is 4.74 Å². The molecule has 10 heteroatoms. The van der Waals surface area contributed by atoms with E-state index in [2.05, 4.69) is 10.3 Å². The van der Waals surface area contributed by atoms with Crippen molar-refractivity contribution in [3.05, 3.63) is 74.8 Å². The van der Waals surface area contributed by atoms with Gasteiger partial charge >= 0.3 is 5.97 Å². The van der Waals surface area contributed by atoms with E-state index in [0.29, 0.717) is 16.5 Å². The summed E-state index contributed by atoms with van der Waals surface area (Å²) < 4.78 is 5.96. The second-order valence-corrected chi connectivity index (χ2v) is 6.13. The molecule has 0 unspecified atom stereocenters. The Labute approximate surface area is 163 Å². The number of rotatable bonds is 6. The number of nitrogens with one attached hydrogen (secondary N) is 1. The van der Waals surface area contributed by atoms with Crippen LogP contribution in [0.1, 0.15) is 5.56 Å². The van der Waals surface area contributed by atoms with Gasteiger partial charge in [-0.25, -0.2) is 4.98 Å². The Hall–Kier alpha value is -4.08. The first-order chi connectivity index (χ1) is 13.9. The maximum atomic E-state index is 12.4. The summed E-state index contributed by atoms with van der Waals surface area (Å²) in [6.45, 7) is 0.530. The number of benzene rings is 2. The minimum absolute atomic E-state index is 0.0356. The van der Waals surface area contributed by atoms with Crippen molar-refractivity contribution >= 4 is 34.2 Å². The van der Waals surface area contributed by atoms with Crippen molar-refractivity contribution in [2.75, 3.05) is 11.9 Å². The first kappa shape index (κ1) is 19.7. The number of aryl methyl sites for hydroxylation is 1. The van der Waals surface area contributed by atoms with Crippen molar-refractivity contribution in [2.45, 2.75) is 13.5 Å². The standard InChI is InChI=1S/C19H16N4O6/c1-12-5-4-8-15(23(27)28)18(12)21-16(24)10-29-17(25)9-22-11-20-14-7-3-2-6-13(14)19(22)26/h2-8,11H,9-10H2,1H3,(H,21,24). The molecule has 0 spiro atoms. The van der Waals surface area contributed by atoms with Crippen molar-refractivity contribution in [2.24, 2.45) is 0 Å². The van der Waals surface area contributed by atoms with Crippen LogP contribution in [0.3, 0.4) is 0 Å². The van der Waals surface area contributed by atoms with Gasteiger partial charge in [0, 0.05) is 6.07 Å². The highest BCUT2D eigenvalue weighted by Gasteiger charge is 2.18. The number of ether oxygens (including phenoxy) is 1. The molecule has 0 aliphatic carbocycles. The molecule has 0 aliphatic rings. The van der Waals surface area contributed by atoms with E-state index in [1.165, 1.54) is 18.5 Å². The molecule has 10 nitrogen and oxygen atoms in total. The van der Waals surface area contributed by atoms with Gasteiger partial charge in [-0.1, -0.05) is 24.3 Å². The highest BCUT2D eigenvalue weighted by Crippen LogP contribution is 2.27. The van der Waals surface area contributed by atoms with Crippen molar-refractivity contribution in [1.82, 2.24) is 9.55 Å². The van der Waals surface area contributed by atoms with E-state index < -0.39 is 35.5 Å². The largest absolute Gasteiger partial charge is 0.454 e. The summed E-state index contributed by atoms with van der Waals surface area (Å²) in [5.41, 5.74) is 0.355. The molecule has 1 N–H and O–H groups in total. The Morgan fingerprint density at radius 3 is 2.72 bits per heavy atom. The minimum Gasteiger partial charge on any atom is -0.454 e. The molecule has 1 amide bonds. The van der Waals surface area contributed by atoms with Crippen molar-refractivity contribution in [3.8, 4) is 0 Å². The van der Waals surface area contributed by atoms with Gasteiger partial charge in [-0.05, 0) is 24.6 Å². The third-order valence-corrected chi connectivity index (χ3v) is 4.11. The molecule has 3 rings (SSSR count). The van der Waals surface area contributed by atoms with Gasteiger partial charge < -0.3 is 10.1 Å². The van der Waals surface area contributed by atoms with Gasteiger partial charge in [-0.3, -0.25) is 29.1 Å². The van der Waals surface area contributed by atoms with Crippen LogP contribution in [-0.2, 0) is 20.9 Å². The molecular weight excluding hydrogens is 380 g/mol. The number of anilines is 1. The highest BCUT2D eigenvalue weighted by molar-refractivity contribution is 5.95. The van der Waals surface area contributed by atoms with Gasteiger partial charge in [-0.2, -0.15) is 0 Å². The summed E-state index contributed by atoms with van der Waals surface area (Å²) in [4.78, 5) is 51.0. The number of hydrogen-bond donors (Lipinski definition) is 1. The van der Waals surface area contributed by atoms with Gasteiger partial charge in [0.25, 0.3) is 17.2 Å². The number of aromatic nitrogens is 2. The van der Waals surface area contributed by atoms with Gasteiger partial charge in [0.2, 0.25) is 0 Å². The zero-order valence-electron chi connectivity index (χ0n) is 15.3. The predicted molar refractivity (Wildman–Crippen MR) is 103 cm³/mol. The monoisotopic (exact) mass is 396 g/mol. The van der Waals surface area contributed by atoms with E-state index >= 15 is 0 Å². The molecule has 2 aromatic carbocycles. The third-order valence-electron chi connectivity index (χ3n) is 4.11.